The van der Waals surface area contributed by atoms with E-state index in [2.05, 4.69) is 18.7 Å². The fourth-order valence-electron chi connectivity index (χ4n) is 3.08. The molecule has 0 N–H and O–H groups in total. The van der Waals surface area contributed by atoms with Crippen molar-refractivity contribution in [2.24, 2.45) is 5.92 Å². The highest BCUT2D eigenvalue weighted by molar-refractivity contribution is 5.77. The largest absolute Gasteiger partial charge is 0.378 e. The monoisotopic (exact) mass is 269 g/mol. The van der Waals surface area contributed by atoms with Crippen LogP contribution in [0.4, 0.5) is 0 Å². The third kappa shape index (κ3) is 4.79. The molecule has 2 aliphatic heterocycles. The number of piperidine rings is 1. The van der Waals surface area contributed by atoms with Gasteiger partial charge in [-0.1, -0.05) is 27.7 Å². The van der Waals surface area contributed by atoms with Crippen LogP contribution >= 0.6 is 0 Å². The fourth-order valence-corrected chi connectivity index (χ4v) is 3.08. The van der Waals surface area contributed by atoms with Gasteiger partial charge in [-0.05, 0) is 38.0 Å². The van der Waals surface area contributed by atoms with Crippen molar-refractivity contribution in [1.29, 1.82) is 0 Å². The van der Waals surface area contributed by atoms with Crippen molar-refractivity contribution >= 4 is 5.91 Å². The number of hydrogen-bond donors (Lipinski definition) is 0. The summed E-state index contributed by atoms with van der Waals surface area (Å²) in [6.45, 7) is 10.2. The first-order valence-electron chi connectivity index (χ1n) is 8.09. The van der Waals surface area contributed by atoms with E-state index in [-0.39, 0.29) is 6.10 Å². The minimum atomic E-state index is 0.192. The molecular weight excluding hydrogens is 238 g/mol. The number of carbonyl (C=O) groups is 1. The van der Waals surface area contributed by atoms with Crippen molar-refractivity contribution in [1.82, 2.24) is 4.90 Å². The Kier molecular flexibility index (Phi) is 7.44. The Balaban J connectivity index is 0.000000861. The van der Waals surface area contributed by atoms with Gasteiger partial charge < -0.3 is 9.64 Å². The lowest BCUT2D eigenvalue weighted by molar-refractivity contribution is -0.138. The molecule has 2 heterocycles. The molecule has 2 aliphatic rings. The quantitative estimate of drug-likeness (QED) is 0.783. The van der Waals surface area contributed by atoms with Crippen LogP contribution in [0, 0.1) is 5.92 Å². The second kappa shape index (κ2) is 8.57. The van der Waals surface area contributed by atoms with Crippen LogP contribution in [0.1, 0.15) is 66.2 Å². The lowest BCUT2D eigenvalue weighted by atomic mass is 9.92. The summed E-state index contributed by atoms with van der Waals surface area (Å²) in [4.78, 5) is 14.4. The van der Waals surface area contributed by atoms with Crippen LogP contribution in [0.2, 0.25) is 0 Å². The maximum Gasteiger partial charge on any atom is 0.225 e. The Hall–Kier alpha value is -0.570. The highest BCUT2D eigenvalue weighted by atomic mass is 16.5. The van der Waals surface area contributed by atoms with Crippen molar-refractivity contribution in [2.75, 3.05) is 13.2 Å². The number of likely N-dealkylation sites (tertiary alicyclic amines) is 1. The van der Waals surface area contributed by atoms with E-state index in [1.54, 1.807) is 0 Å². The van der Waals surface area contributed by atoms with Crippen molar-refractivity contribution in [3.63, 3.8) is 0 Å². The van der Waals surface area contributed by atoms with Crippen LogP contribution in [0.15, 0.2) is 0 Å². The number of ether oxygens (including phenoxy) is 1. The van der Waals surface area contributed by atoms with Crippen molar-refractivity contribution in [3.8, 4) is 0 Å². The molecule has 19 heavy (non-hydrogen) atoms. The summed E-state index contributed by atoms with van der Waals surface area (Å²) in [5.74, 6) is 0.888. The van der Waals surface area contributed by atoms with Crippen LogP contribution < -0.4 is 0 Å². The van der Waals surface area contributed by atoms with Gasteiger partial charge in [0.1, 0.15) is 0 Å². The van der Waals surface area contributed by atoms with Gasteiger partial charge in [-0.15, -0.1) is 0 Å². The van der Waals surface area contributed by atoms with Crippen molar-refractivity contribution < 1.29 is 9.53 Å². The van der Waals surface area contributed by atoms with Crippen LogP contribution in [0.3, 0.4) is 0 Å². The molecule has 1 amide bonds. The molecule has 2 unspecified atom stereocenters. The minimum Gasteiger partial charge on any atom is -0.378 e. The second-order valence-electron chi connectivity index (χ2n) is 5.73. The predicted molar refractivity (Wildman–Crippen MR) is 79.1 cm³/mol. The zero-order valence-corrected chi connectivity index (χ0v) is 13.2. The number of rotatable bonds is 3. The van der Waals surface area contributed by atoms with Gasteiger partial charge in [-0.25, -0.2) is 0 Å². The molecule has 3 heteroatoms. The summed E-state index contributed by atoms with van der Waals surface area (Å²) in [5.41, 5.74) is 0. The zero-order valence-electron chi connectivity index (χ0n) is 13.2. The van der Waals surface area contributed by atoms with Gasteiger partial charge in [0.25, 0.3) is 0 Å². The molecule has 2 rings (SSSR count). The van der Waals surface area contributed by atoms with Gasteiger partial charge >= 0.3 is 0 Å². The Morgan fingerprint density at radius 3 is 2.53 bits per heavy atom. The van der Waals surface area contributed by atoms with E-state index in [1.165, 1.54) is 19.3 Å². The van der Waals surface area contributed by atoms with Gasteiger partial charge in [0.15, 0.2) is 0 Å². The molecular formula is C16H31NO2. The maximum absolute atomic E-state index is 12.3. The molecule has 2 fully saturated rings. The van der Waals surface area contributed by atoms with Crippen LogP contribution in [-0.2, 0) is 9.53 Å². The summed E-state index contributed by atoms with van der Waals surface area (Å²) in [6.07, 6.45) is 6.58. The molecule has 0 aromatic heterocycles. The van der Waals surface area contributed by atoms with E-state index in [9.17, 15) is 4.79 Å². The highest BCUT2D eigenvalue weighted by Crippen LogP contribution is 2.25. The Morgan fingerprint density at radius 2 is 1.95 bits per heavy atom. The molecule has 0 saturated carbocycles. The SMILES string of the molecule is CC.CC(C)C1CCCCN1C(=O)CC1CCCO1. The number of hydrogen-bond acceptors (Lipinski definition) is 2. The van der Waals surface area contributed by atoms with Crippen molar-refractivity contribution in [3.05, 3.63) is 0 Å². The number of amides is 1. The molecule has 0 aromatic carbocycles. The normalized spacial score (nSPS) is 27.1. The first-order valence-corrected chi connectivity index (χ1v) is 8.09. The standard InChI is InChI=1S/C14H25NO2.C2H6/c1-11(2)13-7-3-4-8-15(13)14(16)10-12-6-5-9-17-12;1-2/h11-13H,3-10H2,1-2H3;1-2H3. The molecule has 2 saturated heterocycles. The van der Waals surface area contributed by atoms with E-state index in [4.69, 9.17) is 4.74 Å². The summed E-state index contributed by atoms with van der Waals surface area (Å²) in [6, 6.07) is 0.456. The summed E-state index contributed by atoms with van der Waals surface area (Å²) in [7, 11) is 0. The Bertz CT molecular complexity index is 259. The third-order valence-electron chi connectivity index (χ3n) is 4.07. The van der Waals surface area contributed by atoms with Gasteiger partial charge in [0, 0.05) is 19.2 Å². The third-order valence-corrected chi connectivity index (χ3v) is 4.07. The molecule has 0 spiro atoms. The Labute approximate surface area is 118 Å². The lowest BCUT2D eigenvalue weighted by Gasteiger charge is -2.38. The van der Waals surface area contributed by atoms with Gasteiger partial charge in [0.2, 0.25) is 5.91 Å². The zero-order chi connectivity index (χ0) is 14.3. The summed E-state index contributed by atoms with van der Waals surface area (Å²) >= 11 is 0. The van der Waals surface area contributed by atoms with Gasteiger partial charge in [-0.3, -0.25) is 4.79 Å². The van der Waals surface area contributed by atoms with E-state index in [1.807, 2.05) is 13.8 Å². The molecule has 2 atom stereocenters. The van der Waals surface area contributed by atoms with Crippen LogP contribution in [-0.4, -0.2) is 36.1 Å². The average molecular weight is 269 g/mol. The molecule has 0 radical (unpaired) electrons. The van der Waals surface area contributed by atoms with E-state index >= 15 is 0 Å². The molecule has 0 bridgehead atoms. The van der Waals surface area contributed by atoms with Crippen LogP contribution in [0.25, 0.3) is 0 Å². The number of carbonyl (C=O) groups excluding carboxylic acids is 1. The molecule has 112 valence electrons. The minimum absolute atomic E-state index is 0.192. The first-order chi connectivity index (χ1) is 9.18. The van der Waals surface area contributed by atoms with Gasteiger partial charge in [-0.2, -0.15) is 0 Å². The molecule has 0 aromatic rings. The molecule has 3 nitrogen and oxygen atoms in total. The van der Waals surface area contributed by atoms with Crippen LogP contribution in [0.5, 0.6) is 0 Å². The van der Waals surface area contributed by atoms with Crippen molar-refractivity contribution in [2.45, 2.75) is 78.4 Å². The lowest BCUT2D eigenvalue weighted by Crippen LogP contribution is -2.47. The second-order valence-corrected chi connectivity index (χ2v) is 5.73. The van der Waals surface area contributed by atoms with E-state index < -0.39 is 0 Å². The topological polar surface area (TPSA) is 29.5 Å². The average Bonchev–Trinajstić information content (AvgIpc) is 2.94. The van der Waals surface area contributed by atoms with Gasteiger partial charge in [0.05, 0.1) is 12.5 Å². The summed E-state index contributed by atoms with van der Waals surface area (Å²) < 4.78 is 5.56. The first kappa shape index (κ1) is 16.5. The fraction of sp³-hybridized carbons (Fsp3) is 0.938. The maximum atomic E-state index is 12.3. The van der Waals surface area contributed by atoms with E-state index in [0.29, 0.717) is 24.3 Å². The number of nitrogens with zero attached hydrogens (tertiary/aromatic N) is 1. The highest BCUT2D eigenvalue weighted by Gasteiger charge is 2.30. The predicted octanol–water partition coefficient (Wildman–Crippen LogP) is 3.62. The Morgan fingerprint density at radius 1 is 1.21 bits per heavy atom. The molecule has 0 aliphatic carbocycles. The van der Waals surface area contributed by atoms with E-state index in [0.717, 1.165) is 26.0 Å². The smallest absolute Gasteiger partial charge is 0.225 e. The summed E-state index contributed by atoms with van der Waals surface area (Å²) in [5, 5.41) is 0.